The lowest BCUT2D eigenvalue weighted by atomic mass is 10.2. The molecule has 0 bridgehead atoms. The Bertz CT molecular complexity index is 827. The minimum atomic E-state index is -0.397. The number of hydrogen-bond acceptors (Lipinski definition) is 3. The van der Waals surface area contributed by atoms with Crippen molar-refractivity contribution < 1.29 is 9.13 Å². The van der Waals surface area contributed by atoms with Gasteiger partial charge in [-0.05, 0) is 35.9 Å². The van der Waals surface area contributed by atoms with Crippen molar-refractivity contribution in [3.8, 4) is 5.75 Å². The molecule has 0 fully saturated rings. The molecule has 0 heterocycles. The van der Waals surface area contributed by atoms with E-state index in [1.807, 2.05) is 54.6 Å². The molecule has 0 amide bonds. The van der Waals surface area contributed by atoms with Crippen LogP contribution in [-0.4, -0.2) is 0 Å². The van der Waals surface area contributed by atoms with Gasteiger partial charge in [-0.25, -0.2) is 9.82 Å². The number of nitrogens with one attached hydrogen (secondary N) is 2. The van der Waals surface area contributed by atoms with E-state index in [2.05, 4.69) is 10.9 Å². The molecular formula is C20H18ClFN2O. The quantitative estimate of drug-likeness (QED) is 0.572. The average Bonchev–Trinajstić information content (AvgIpc) is 2.63. The van der Waals surface area contributed by atoms with E-state index in [9.17, 15) is 4.39 Å². The summed E-state index contributed by atoms with van der Waals surface area (Å²) in [7, 11) is 0. The topological polar surface area (TPSA) is 33.3 Å². The van der Waals surface area contributed by atoms with E-state index < -0.39 is 5.82 Å². The van der Waals surface area contributed by atoms with Crippen molar-refractivity contribution in [1.82, 2.24) is 5.43 Å². The largest absolute Gasteiger partial charge is 0.486 e. The molecule has 0 aromatic heterocycles. The summed E-state index contributed by atoms with van der Waals surface area (Å²) in [5.41, 5.74) is 8.70. The van der Waals surface area contributed by atoms with Crippen molar-refractivity contribution >= 4 is 17.3 Å². The van der Waals surface area contributed by atoms with Gasteiger partial charge < -0.3 is 10.2 Å². The number of hydrazine groups is 1. The summed E-state index contributed by atoms with van der Waals surface area (Å²) >= 11 is 6.07. The van der Waals surface area contributed by atoms with Gasteiger partial charge in [0, 0.05) is 22.8 Å². The maximum atomic E-state index is 14.2. The van der Waals surface area contributed by atoms with Crippen molar-refractivity contribution in [3.05, 3.63) is 94.8 Å². The molecule has 0 saturated heterocycles. The first-order chi connectivity index (χ1) is 12.2. The molecule has 0 unspecified atom stereocenters. The lowest BCUT2D eigenvalue weighted by molar-refractivity contribution is 0.290. The van der Waals surface area contributed by atoms with Crippen LogP contribution in [0.3, 0.4) is 0 Å². The summed E-state index contributed by atoms with van der Waals surface area (Å²) in [5.74, 6) is -0.189. The van der Waals surface area contributed by atoms with Crippen LogP contribution in [0.25, 0.3) is 0 Å². The summed E-state index contributed by atoms with van der Waals surface area (Å²) in [6.07, 6.45) is 0. The predicted molar refractivity (Wildman–Crippen MR) is 99.1 cm³/mol. The van der Waals surface area contributed by atoms with Crippen molar-refractivity contribution in [1.29, 1.82) is 0 Å². The Kier molecular flexibility index (Phi) is 5.88. The summed E-state index contributed by atoms with van der Waals surface area (Å²) in [6.45, 7) is 0.709. The lowest BCUT2D eigenvalue weighted by Gasteiger charge is -2.11. The maximum absolute atomic E-state index is 14.2. The van der Waals surface area contributed by atoms with E-state index in [0.717, 1.165) is 16.8 Å². The Labute approximate surface area is 151 Å². The van der Waals surface area contributed by atoms with Crippen molar-refractivity contribution in [2.24, 2.45) is 0 Å². The second kappa shape index (κ2) is 8.51. The van der Waals surface area contributed by atoms with Gasteiger partial charge in [-0.2, -0.15) is 0 Å². The normalized spacial score (nSPS) is 10.5. The number of benzene rings is 3. The molecule has 3 rings (SSSR count). The second-order valence-corrected chi connectivity index (χ2v) is 5.90. The van der Waals surface area contributed by atoms with Crippen LogP contribution in [0.2, 0.25) is 5.02 Å². The summed E-state index contributed by atoms with van der Waals surface area (Å²) < 4.78 is 19.7. The number of ether oxygens (including phenoxy) is 1. The monoisotopic (exact) mass is 356 g/mol. The summed E-state index contributed by atoms with van der Waals surface area (Å²) in [6, 6.07) is 22.0. The number of para-hydroxylation sites is 1. The average molecular weight is 357 g/mol. The van der Waals surface area contributed by atoms with Crippen LogP contribution in [0.1, 0.15) is 11.1 Å². The molecule has 0 spiro atoms. The Morgan fingerprint density at radius 1 is 0.920 bits per heavy atom. The van der Waals surface area contributed by atoms with Crippen LogP contribution < -0.4 is 15.6 Å². The van der Waals surface area contributed by atoms with Gasteiger partial charge in [0.15, 0.2) is 11.6 Å². The van der Waals surface area contributed by atoms with Gasteiger partial charge in [0.05, 0.1) is 0 Å². The maximum Gasteiger partial charge on any atom is 0.165 e. The predicted octanol–water partition coefficient (Wildman–Crippen LogP) is 5.17. The molecule has 3 aromatic carbocycles. The smallest absolute Gasteiger partial charge is 0.165 e. The Hall–Kier alpha value is -2.56. The molecule has 0 aliphatic carbocycles. The molecular weight excluding hydrogens is 339 g/mol. The standard InChI is InChI=1S/C20H18ClFN2O/c21-18-9-5-4-6-16(18)14-25-20-11-10-15(12-19(20)22)13-23-24-17-7-2-1-3-8-17/h1-12,23-24H,13-14H2. The van der Waals surface area contributed by atoms with Gasteiger partial charge in [-0.1, -0.05) is 54.1 Å². The van der Waals surface area contributed by atoms with E-state index in [1.165, 1.54) is 6.07 Å². The minimum absolute atomic E-state index is 0.208. The minimum Gasteiger partial charge on any atom is -0.486 e. The molecule has 2 N–H and O–H groups in total. The van der Waals surface area contributed by atoms with Gasteiger partial charge in [-0.3, -0.25) is 0 Å². The third kappa shape index (κ3) is 4.95. The zero-order valence-electron chi connectivity index (χ0n) is 13.5. The van der Waals surface area contributed by atoms with E-state index in [4.69, 9.17) is 16.3 Å². The first-order valence-corrected chi connectivity index (χ1v) is 8.29. The molecule has 25 heavy (non-hydrogen) atoms. The van der Waals surface area contributed by atoms with E-state index in [0.29, 0.717) is 11.6 Å². The highest BCUT2D eigenvalue weighted by Gasteiger charge is 2.07. The number of anilines is 1. The van der Waals surface area contributed by atoms with Crippen LogP contribution in [0.4, 0.5) is 10.1 Å². The van der Waals surface area contributed by atoms with Gasteiger partial charge in [0.1, 0.15) is 6.61 Å². The first-order valence-electron chi connectivity index (χ1n) is 7.91. The Balaban J connectivity index is 1.54. The van der Waals surface area contributed by atoms with Crippen LogP contribution >= 0.6 is 11.6 Å². The highest BCUT2D eigenvalue weighted by atomic mass is 35.5. The van der Waals surface area contributed by atoms with Gasteiger partial charge >= 0.3 is 0 Å². The van der Waals surface area contributed by atoms with E-state index in [-0.39, 0.29) is 12.4 Å². The molecule has 128 valence electrons. The molecule has 0 radical (unpaired) electrons. The molecule has 3 aromatic rings. The molecule has 5 heteroatoms. The van der Waals surface area contributed by atoms with Crippen LogP contribution in [-0.2, 0) is 13.2 Å². The molecule has 0 atom stereocenters. The zero-order valence-corrected chi connectivity index (χ0v) is 14.3. The third-order valence-corrected chi connectivity index (χ3v) is 4.01. The highest BCUT2D eigenvalue weighted by molar-refractivity contribution is 6.31. The fourth-order valence-electron chi connectivity index (χ4n) is 2.31. The third-order valence-electron chi connectivity index (χ3n) is 3.64. The Morgan fingerprint density at radius 3 is 2.44 bits per heavy atom. The molecule has 0 aliphatic rings. The Morgan fingerprint density at radius 2 is 1.68 bits per heavy atom. The highest BCUT2D eigenvalue weighted by Crippen LogP contribution is 2.22. The first kappa shape index (κ1) is 17.3. The number of halogens is 2. The zero-order chi connectivity index (χ0) is 17.5. The second-order valence-electron chi connectivity index (χ2n) is 5.49. The summed E-state index contributed by atoms with van der Waals surface area (Å²) in [5, 5.41) is 0.607. The van der Waals surface area contributed by atoms with Gasteiger partial charge in [-0.15, -0.1) is 0 Å². The fourth-order valence-corrected chi connectivity index (χ4v) is 2.50. The van der Waals surface area contributed by atoms with Crippen molar-refractivity contribution in [3.63, 3.8) is 0 Å². The van der Waals surface area contributed by atoms with Crippen LogP contribution in [0.5, 0.6) is 5.75 Å². The SMILES string of the molecule is Fc1cc(CNNc2ccccc2)ccc1OCc1ccccc1Cl. The lowest BCUT2D eigenvalue weighted by Crippen LogP contribution is -2.20. The number of rotatable bonds is 7. The molecule has 3 nitrogen and oxygen atoms in total. The molecule has 0 saturated carbocycles. The van der Waals surface area contributed by atoms with Gasteiger partial charge in [0.25, 0.3) is 0 Å². The fraction of sp³-hybridized carbons (Fsp3) is 0.100. The summed E-state index contributed by atoms with van der Waals surface area (Å²) in [4.78, 5) is 0. The van der Waals surface area contributed by atoms with E-state index >= 15 is 0 Å². The van der Waals surface area contributed by atoms with Gasteiger partial charge in [0.2, 0.25) is 0 Å². The van der Waals surface area contributed by atoms with Crippen molar-refractivity contribution in [2.75, 3.05) is 5.43 Å². The van der Waals surface area contributed by atoms with Crippen LogP contribution in [0.15, 0.2) is 72.8 Å². The number of hydrogen-bond donors (Lipinski definition) is 2. The van der Waals surface area contributed by atoms with Crippen LogP contribution in [0, 0.1) is 5.82 Å². The molecule has 0 aliphatic heterocycles. The van der Waals surface area contributed by atoms with E-state index in [1.54, 1.807) is 12.1 Å². The van der Waals surface area contributed by atoms with Crippen molar-refractivity contribution in [2.45, 2.75) is 13.2 Å².